The number of hydrogen-bond donors (Lipinski definition) is 2. The van der Waals surface area contributed by atoms with Crippen LogP contribution < -0.4 is 10.0 Å². The molecule has 0 bridgehead atoms. The Kier molecular flexibility index (Phi) is 7.32. The molecule has 0 aliphatic carbocycles. The number of rotatable bonds is 8. The molecular weight excluding hydrogens is 452 g/mol. The number of benzene rings is 2. The van der Waals surface area contributed by atoms with E-state index >= 15 is 0 Å². The maximum atomic E-state index is 12.7. The number of sulfonamides is 1. The number of halogens is 1. The molecule has 1 atom stereocenters. The van der Waals surface area contributed by atoms with Crippen LogP contribution in [0.1, 0.15) is 40.9 Å². The zero-order valence-electron chi connectivity index (χ0n) is 17.6. The summed E-state index contributed by atoms with van der Waals surface area (Å²) in [4.78, 5) is 25.1. The fourth-order valence-electron chi connectivity index (χ4n) is 3.07. The summed E-state index contributed by atoms with van der Waals surface area (Å²) in [5.74, 6) is -1.16. The predicted octanol–water partition coefficient (Wildman–Crippen LogP) is 3.23. The van der Waals surface area contributed by atoms with Crippen LogP contribution in [0, 0.1) is 6.92 Å². The highest BCUT2D eigenvalue weighted by molar-refractivity contribution is 7.90. The molecular formula is C22H23ClN4O4S. The molecule has 1 aromatic heterocycles. The summed E-state index contributed by atoms with van der Waals surface area (Å²) in [7, 11) is -4.22. The minimum Gasteiger partial charge on any atom is -0.345 e. The fourth-order valence-corrected chi connectivity index (χ4v) is 4.59. The molecule has 2 N–H and O–H groups in total. The Bertz CT molecular complexity index is 1210. The summed E-state index contributed by atoms with van der Waals surface area (Å²) in [6.07, 6.45) is 0.801. The van der Waals surface area contributed by atoms with Gasteiger partial charge in [-0.1, -0.05) is 59.6 Å². The molecule has 8 nitrogen and oxygen atoms in total. The maximum absolute atomic E-state index is 12.7. The summed E-state index contributed by atoms with van der Waals surface area (Å²) >= 11 is 6.05. The normalized spacial score (nSPS) is 12.2. The summed E-state index contributed by atoms with van der Waals surface area (Å²) in [6.45, 7) is 4.05. The van der Waals surface area contributed by atoms with E-state index in [0.717, 1.165) is 11.8 Å². The Labute approximate surface area is 191 Å². The largest absolute Gasteiger partial charge is 0.345 e. The Morgan fingerprint density at radius 3 is 2.34 bits per heavy atom. The molecule has 0 spiro atoms. The van der Waals surface area contributed by atoms with E-state index in [1.165, 1.54) is 4.68 Å². The molecule has 1 heterocycles. The van der Waals surface area contributed by atoms with Crippen molar-refractivity contribution in [3.05, 3.63) is 82.6 Å². The van der Waals surface area contributed by atoms with Crippen molar-refractivity contribution in [2.24, 2.45) is 0 Å². The van der Waals surface area contributed by atoms with Gasteiger partial charge < -0.3 is 5.32 Å². The number of amides is 2. The molecule has 3 rings (SSSR count). The van der Waals surface area contributed by atoms with Crippen LogP contribution in [0.2, 0.25) is 5.15 Å². The second-order valence-electron chi connectivity index (χ2n) is 7.15. The standard InChI is InChI=1S/C22H23ClN4O4S/c1-3-27-21(23)19(14-24-27)32(30,31)26-20(28)13-18(16-7-5-4-6-8-16)25-22(29)17-11-9-15(2)10-12-17/h4-12,14,18H,3,13H2,1-2H3,(H,25,29)(H,26,28). The predicted molar refractivity (Wildman–Crippen MR) is 121 cm³/mol. The average Bonchev–Trinajstić information content (AvgIpc) is 3.15. The van der Waals surface area contributed by atoms with Crippen LogP contribution in [0.15, 0.2) is 65.7 Å². The average molecular weight is 475 g/mol. The summed E-state index contributed by atoms with van der Waals surface area (Å²) in [5, 5.41) is 6.62. The quantitative estimate of drug-likeness (QED) is 0.520. The minimum atomic E-state index is -4.22. The first-order chi connectivity index (χ1) is 15.2. The number of nitrogens with zero attached hydrogens (tertiary/aromatic N) is 2. The number of carbonyl (C=O) groups is 2. The molecule has 0 aliphatic rings. The van der Waals surface area contributed by atoms with Crippen molar-refractivity contribution in [2.75, 3.05) is 0 Å². The van der Waals surface area contributed by atoms with E-state index in [1.807, 2.05) is 23.8 Å². The highest BCUT2D eigenvalue weighted by Gasteiger charge is 2.26. The molecule has 0 fully saturated rings. The Morgan fingerprint density at radius 2 is 1.75 bits per heavy atom. The van der Waals surface area contributed by atoms with Gasteiger partial charge in [0, 0.05) is 12.1 Å². The Hall–Kier alpha value is -3.17. The zero-order valence-corrected chi connectivity index (χ0v) is 19.2. The zero-order chi connectivity index (χ0) is 23.3. The van der Waals surface area contributed by atoms with E-state index in [4.69, 9.17) is 11.6 Å². The topological polar surface area (TPSA) is 110 Å². The van der Waals surface area contributed by atoms with E-state index in [2.05, 4.69) is 10.4 Å². The van der Waals surface area contributed by atoms with Crippen LogP contribution >= 0.6 is 11.6 Å². The lowest BCUT2D eigenvalue weighted by atomic mass is 10.0. The van der Waals surface area contributed by atoms with Gasteiger partial charge in [0.05, 0.1) is 18.7 Å². The lowest BCUT2D eigenvalue weighted by Gasteiger charge is -2.19. The van der Waals surface area contributed by atoms with Crippen LogP contribution in [-0.2, 0) is 21.4 Å². The van der Waals surface area contributed by atoms with Crippen LogP contribution in [0.4, 0.5) is 0 Å². The smallest absolute Gasteiger partial charge is 0.268 e. The van der Waals surface area contributed by atoms with Crippen molar-refractivity contribution in [2.45, 2.75) is 37.8 Å². The van der Waals surface area contributed by atoms with E-state index in [9.17, 15) is 18.0 Å². The summed E-state index contributed by atoms with van der Waals surface area (Å²) in [6, 6.07) is 15.1. The molecule has 32 heavy (non-hydrogen) atoms. The van der Waals surface area contributed by atoms with Gasteiger partial charge in [0.2, 0.25) is 5.91 Å². The molecule has 2 amide bonds. The molecule has 3 aromatic rings. The van der Waals surface area contributed by atoms with Gasteiger partial charge in [0.15, 0.2) is 0 Å². The molecule has 0 saturated carbocycles. The first-order valence-electron chi connectivity index (χ1n) is 9.90. The molecule has 0 radical (unpaired) electrons. The third-order valence-corrected chi connectivity index (χ3v) is 6.68. The highest BCUT2D eigenvalue weighted by Crippen LogP contribution is 2.22. The van der Waals surface area contributed by atoms with E-state index in [-0.39, 0.29) is 22.4 Å². The fraction of sp³-hybridized carbons (Fsp3) is 0.227. The van der Waals surface area contributed by atoms with Gasteiger partial charge in [-0.2, -0.15) is 5.10 Å². The van der Waals surface area contributed by atoms with Gasteiger partial charge in [-0.25, -0.2) is 13.1 Å². The monoisotopic (exact) mass is 474 g/mol. The van der Waals surface area contributed by atoms with Crippen LogP contribution in [0.5, 0.6) is 0 Å². The van der Waals surface area contributed by atoms with Crippen LogP contribution in [0.3, 0.4) is 0 Å². The van der Waals surface area contributed by atoms with Gasteiger partial charge in [0.25, 0.3) is 15.9 Å². The van der Waals surface area contributed by atoms with Crippen molar-refractivity contribution in [3.8, 4) is 0 Å². The number of aryl methyl sites for hydroxylation is 2. The van der Waals surface area contributed by atoms with E-state index in [1.54, 1.807) is 49.4 Å². The summed E-state index contributed by atoms with van der Waals surface area (Å²) in [5.41, 5.74) is 2.11. The second kappa shape index (κ2) is 9.97. The number of nitrogens with one attached hydrogen (secondary N) is 2. The maximum Gasteiger partial charge on any atom is 0.268 e. The number of carbonyl (C=O) groups excluding carboxylic acids is 2. The Balaban J connectivity index is 1.78. The SMILES string of the molecule is CCn1ncc(S(=O)(=O)NC(=O)CC(NC(=O)c2ccc(C)cc2)c2ccccc2)c1Cl. The lowest BCUT2D eigenvalue weighted by molar-refractivity contribution is -0.119. The van der Waals surface area contributed by atoms with Gasteiger partial charge >= 0.3 is 0 Å². The van der Waals surface area contributed by atoms with Crippen molar-refractivity contribution in [1.29, 1.82) is 0 Å². The Morgan fingerprint density at radius 1 is 1.09 bits per heavy atom. The molecule has 0 saturated heterocycles. The van der Waals surface area contributed by atoms with E-state index in [0.29, 0.717) is 17.7 Å². The molecule has 2 aromatic carbocycles. The molecule has 1 unspecified atom stereocenters. The van der Waals surface area contributed by atoms with E-state index < -0.39 is 22.0 Å². The minimum absolute atomic E-state index is 0.0833. The van der Waals surface area contributed by atoms with Gasteiger partial charge in [0.1, 0.15) is 10.0 Å². The van der Waals surface area contributed by atoms with Crippen LogP contribution in [-0.4, -0.2) is 30.0 Å². The van der Waals surface area contributed by atoms with Crippen molar-refractivity contribution < 1.29 is 18.0 Å². The van der Waals surface area contributed by atoms with Crippen LogP contribution in [0.25, 0.3) is 0 Å². The van der Waals surface area contributed by atoms with Gasteiger partial charge in [-0.05, 0) is 31.5 Å². The molecule has 168 valence electrons. The summed E-state index contributed by atoms with van der Waals surface area (Å²) < 4.78 is 28.6. The van der Waals surface area contributed by atoms with Gasteiger partial charge in [-0.3, -0.25) is 14.3 Å². The van der Waals surface area contributed by atoms with Crippen molar-refractivity contribution >= 4 is 33.4 Å². The van der Waals surface area contributed by atoms with Crippen molar-refractivity contribution in [3.63, 3.8) is 0 Å². The number of hydrogen-bond acceptors (Lipinski definition) is 5. The molecule has 10 heteroatoms. The first-order valence-corrected chi connectivity index (χ1v) is 11.8. The third kappa shape index (κ3) is 5.54. The number of aromatic nitrogens is 2. The van der Waals surface area contributed by atoms with Crippen molar-refractivity contribution in [1.82, 2.24) is 19.8 Å². The third-order valence-electron chi connectivity index (χ3n) is 4.79. The first kappa shape index (κ1) is 23.5. The molecule has 0 aliphatic heterocycles. The lowest BCUT2D eigenvalue weighted by Crippen LogP contribution is -2.36. The van der Waals surface area contributed by atoms with Gasteiger partial charge in [-0.15, -0.1) is 0 Å². The highest BCUT2D eigenvalue weighted by atomic mass is 35.5. The second-order valence-corrected chi connectivity index (χ2v) is 9.16.